The van der Waals surface area contributed by atoms with Crippen LogP contribution in [0.1, 0.15) is 20.3 Å². The molecule has 1 heterocycles. The molecule has 1 aliphatic heterocycles. The van der Waals surface area contributed by atoms with Gasteiger partial charge in [0.15, 0.2) is 15.4 Å². The Kier molecular flexibility index (Phi) is 4.18. The van der Waals surface area contributed by atoms with Crippen LogP contribution in [0.2, 0.25) is 0 Å². The molecule has 5 N–H and O–H groups in total. The first-order valence-corrected chi connectivity index (χ1v) is 8.96. The highest BCUT2D eigenvalue weighted by molar-refractivity contribution is 7.92. The van der Waals surface area contributed by atoms with Crippen molar-refractivity contribution in [1.29, 1.82) is 0 Å². The normalized spacial score (nSPS) is 36.6. The predicted octanol–water partition coefficient (Wildman–Crippen LogP) is -1.57. The maximum Gasteiger partial charge on any atom is 0.330 e. The quantitative estimate of drug-likeness (QED) is 0.447. The number of carbonyl (C=O) groups is 3. The van der Waals surface area contributed by atoms with Crippen molar-refractivity contribution in [3.05, 3.63) is 0 Å². The SMILES string of the molecule is CC[C@H](C)[C@H](N)C(=O)N[C@@]1(C(=O)O)CS(=O)(=O)[C@H]2[C@H](C(=O)O)[C@H]21. The molecule has 0 unspecified atom stereocenters. The van der Waals surface area contributed by atoms with E-state index in [0.29, 0.717) is 6.42 Å². The van der Waals surface area contributed by atoms with Gasteiger partial charge in [0.1, 0.15) is 0 Å². The molecule has 0 radical (unpaired) electrons. The summed E-state index contributed by atoms with van der Waals surface area (Å²) in [4.78, 5) is 35.1. The number of carbonyl (C=O) groups excluding carboxylic acids is 1. The standard InChI is InChI=1S/C13H20N2O7S/c1-3-5(2)8(14)10(16)15-13(12(19)20)4-23(21,22)9-6(7(9)13)11(17)18/h5-9H,3-4,14H2,1-2H3,(H,15,16)(H,17,18)(H,19,20)/t5-,6+,7+,8-,9-,13-/m0/s1. The van der Waals surface area contributed by atoms with Gasteiger partial charge in [-0.15, -0.1) is 0 Å². The first-order chi connectivity index (χ1) is 10.5. The minimum absolute atomic E-state index is 0.232. The summed E-state index contributed by atoms with van der Waals surface area (Å²) in [6.45, 7) is 3.52. The van der Waals surface area contributed by atoms with Crippen LogP contribution in [0.5, 0.6) is 0 Å². The number of hydrogen-bond donors (Lipinski definition) is 4. The first-order valence-electron chi connectivity index (χ1n) is 7.25. The smallest absolute Gasteiger partial charge is 0.330 e. The molecule has 0 spiro atoms. The van der Waals surface area contributed by atoms with Gasteiger partial charge in [0.25, 0.3) is 0 Å². The molecule has 0 aromatic carbocycles. The zero-order valence-corrected chi connectivity index (χ0v) is 13.5. The Morgan fingerprint density at radius 1 is 1.35 bits per heavy atom. The highest BCUT2D eigenvalue weighted by Gasteiger charge is 2.79. The van der Waals surface area contributed by atoms with Crippen LogP contribution < -0.4 is 11.1 Å². The maximum absolute atomic E-state index is 12.2. The lowest BCUT2D eigenvalue weighted by atomic mass is 9.92. The van der Waals surface area contributed by atoms with Crippen molar-refractivity contribution >= 4 is 27.7 Å². The molecular formula is C13H20N2O7S. The Morgan fingerprint density at radius 2 is 1.91 bits per heavy atom. The Morgan fingerprint density at radius 3 is 2.30 bits per heavy atom. The van der Waals surface area contributed by atoms with Crippen LogP contribution in [0.3, 0.4) is 0 Å². The summed E-state index contributed by atoms with van der Waals surface area (Å²) in [7, 11) is -3.91. The van der Waals surface area contributed by atoms with E-state index in [-0.39, 0.29) is 5.92 Å². The van der Waals surface area contributed by atoms with E-state index in [4.69, 9.17) is 10.8 Å². The van der Waals surface area contributed by atoms with Crippen molar-refractivity contribution in [2.45, 2.75) is 37.1 Å². The third-order valence-corrected chi connectivity index (χ3v) is 7.21. The van der Waals surface area contributed by atoms with Crippen molar-refractivity contribution in [3.63, 3.8) is 0 Å². The molecule has 0 bridgehead atoms. The highest BCUT2D eigenvalue weighted by atomic mass is 32.2. The molecule has 0 aromatic heterocycles. The van der Waals surface area contributed by atoms with E-state index in [1.165, 1.54) is 0 Å². The second-order valence-electron chi connectivity index (χ2n) is 6.34. The minimum atomic E-state index is -3.91. The largest absolute Gasteiger partial charge is 0.481 e. The highest BCUT2D eigenvalue weighted by Crippen LogP contribution is 2.57. The Hall–Kier alpha value is -1.68. The fourth-order valence-electron chi connectivity index (χ4n) is 3.31. The van der Waals surface area contributed by atoms with Crippen LogP contribution in [0.4, 0.5) is 0 Å². The van der Waals surface area contributed by atoms with E-state index in [0.717, 1.165) is 0 Å². The number of sulfone groups is 1. The number of aliphatic carboxylic acids is 2. The van der Waals surface area contributed by atoms with E-state index >= 15 is 0 Å². The monoisotopic (exact) mass is 348 g/mol. The maximum atomic E-state index is 12.2. The molecule has 0 aromatic rings. The molecule has 1 saturated carbocycles. The molecule has 1 amide bonds. The lowest BCUT2D eigenvalue weighted by Crippen LogP contribution is -2.62. The van der Waals surface area contributed by atoms with Crippen LogP contribution in [0, 0.1) is 17.8 Å². The Labute approximate surface area is 133 Å². The first kappa shape index (κ1) is 17.7. The van der Waals surface area contributed by atoms with Gasteiger partial charge in [-0.3, -0.25) is 9.59 Å². The number of amides is 1. The topological polar surface area (TPSA) is 164 Å². The summed E-state index contributed by atoms with van der Waals surface area (Å²) in [5, 5.41) is 19.6. The number of carboxylic acid groups (broad SMARTS) is 2. The van der Waals surface area contributed by atoms with E-state index in [1.807, 2.05) is 6.92 Å². The molecule has 10 heteroatoms. The Bertz CT molecular complexity index is 661. The van der Waals surface area contributed by atoms with Crippen molar-refractivity contribution in [1.82, 2.24) is 5.32 Å². The summed E-state index contributed by atoms with van der Waals surface area (Å²) in [5.74, 6) is -7.25. The molecule has 2 fully saturated rings. The lowest BCUT2D eigenvalue weighted by Gasteiger charge is -2.30. The van der Waals surface area contributed by atoms with Gasteiger partial charge in [-0.2, -0.15) is 0 Å². The third-order valence-electron chi connectivity index (χ3n) is 4.94. The number of fused-ring (bicyclic) bond motifs is 1. The molecule has 130 valence electrons. The summed E-state index contributed by atoms with van der Waals surface area (Å²) in [6.07, 6.45) is 0.580. The van der Waals surface area contributed by atoms with Crippen LogP contribution in [-0.4, -0.2) is 59.1 Å². The van der Waals surface area contributed by atoms with Gasteiger partial charge in [-0.1, -0.05) is 20.3 Å². The molecule has 1 saturated heterocycles. The summed E-state index contributed by atoms with van der Waals surface area (Å²) >= 11 is 0. The van der Waals surface area contributed by atoms with E-state index in [2.05, 4.69) is 5.32 Å². The third kappa shape index (κ3) is 2.59. The van der Waals surface area contributed by atoms with Gasteiger partial charge in [0, 0.05) is 5.92 Å². The average molecular weight is 348 g/mol. The molecule has 9 nitrogen and oxygen atoms in total. The second kappa shape index (κ2) is 5.45. The van der Waals surface area contributed by atoms with Gasteiger partial charge in [0.05, 0.1) is 23.0 Å². The summed E-state index contributed by atoms with van der Waals surface area (Å²) < 4.78 is 24.1. The van der Waals surface area contributed by atoms with Crippen molar-refractivity contribution in [2.24, 2.45) is 23.5 Å². The van der Waals surface area contributed by atoms with Crippen molar-refractivity contribution < 1.29 is 33.0 Å². The molecule has 2 aliphatic rings. The van der Waals surface area contributed by atoms with Crippen molar-refractivity contribution in [2.75, 3.05) is 5.75 Å². The van der Waals surface area contributed by atoms with E-state index in [1.54, 1.807) is 6.92 Å². The molecule has 1 aliphatic carbocycles. The minimum Gasteiger partial charge on any atom is -0.481 e. The van der Waals surface area contributed by atoms with E-state index in [9.17, 15) is 27.9 Å². The predicted molar refractivity (Wildman–Crippen MR) is 78.1 cm³/mol. The summed E-state index contributed by atoms with van der Waals surface area (Å²) in [5.41, 5.74) is 3.63. The van der Waals surface area contributed by atoms with Crippen LogP contribution in [0.25, 0.3) is 0 Å². The van der Waals surface area contributed by atoms with Gasteiger partial charge in [0.2, 0.25) is 5.91 Å². The van der Waals surface area contributed by atoms with E-state index < -0.39 is 62.1 Å². The zero-order valence-electron chi connectivity index (χ0n) is 12.7. The van der Waals surface area contributed by atoms with Crippen LogP contribution in [0.15, 0.2) is 0 Å². The second-order valence-corrected chi connectivity index (χ2v) is 8.50. The number of nitrogens with two attached hydrogens (primary N) is 1. The van der Waals surface area contributed by atoms with Gasteiger partial charge in [-0.25, -0.2) is 13.2 Å². The average Bonchev–Trinajstić information content (AvgIpc) is 3.16. The van der Waals surface area contributed by atoms with Crippen LogP contribution >= 0.6 is 0 Å². The van der Waals surface area contributed by atoms with Crippen LogP contribution in [-0.2, 0) is 24.2 Å². The van der Waals surface area contributed by atoms with Gasteiger partial charge in [-0.05, 0) is 5.92 Å². The lowest BCUT2D eigenvalue weighted by molar-refractivity contribution is -0.148. The zero-order chi connectivity index (χ0) is 17.7. The molecule has 6 atom stereocenters. The number of carboxylic acids is 2. The fourth-order valence-corrected chi connectivity index (χ4v) is 6.02. The van der Waals surface area contributed by atoms with Gasteiger partial charge < -0.3 is 21.3 Å². The van der Waals surface area contributed by atoms with Gasteiger partial charge >= 0.3 is 11.9 Å². The molecular weight excluding hydrogens is 328 g/mol. The molecule has 2 rings (SSSR count). The number of hydrogen-bond acceptors (Lipinski definition) is 6. The summed E-state index contributed by atoms with van der Waals surface area (Å²) in [6, 6.07) is -1.000. The number of rotatable bonds is 6. The molecule has 23 heavy (non-hydrogen) atoms. The Balaban J connectivity index is 2.34. The fraction of sp³-hybridized carbons (Fsp3) is 0.769. The van der Waals surface area contributed by atoms with Crippen molar-refractivity contribution in [3.8, 4) is 0 Å². The number of nitrogens with one attached hydrogen (secondary N) is 1.